The minimum atomic E-state index is -4.73. The molecule has 0 saturated heterocycles. The van der Waals surface area contributed by atoms with E-state index in [2.05, 4.69) is 5.32 Å². The Bertz CT molecular complexity index is 1520. The fourth-order valence-electron chi connectivity index (χ4n) is 7.60. The smallest absolute Gasteiger partial charge is 0.325 e. The maximum atomic E-state index is 13.6. The number of rotatable bonds is 7. The molecule has 4 saturated carbocycles. The van der Waals surface area contributed by atoms with Crippen molar-refractivity contribution >= 4 is 38.9 Å². The first-order valence-electron chi connectivity index (χ1n) is 13.8. The third-order valence-corrected chi connectivity index (χ3v) is 11.1. The van der Waals surface area contributed by atoms with E-state index < -0.39 is 39.9 Å². The zero-order chi connectivity index (χ0) is 29.0. The molecule has 5 nitrogen and oxygen atoms in total. The van der Waals surface area contributed by atoms with Crippen LogP contribution in [-0.4, -0.2) is 20.9 Å². The number of sulfonamides is 1. The summed E-state index contributed by atoms with van der Waals surface area (Å²) in [4.78, 5) is 13.0. The van der Waals surface area contributed by atoms with Crippen LogP contribution in [0.25, 0.3) is 0 Å². The van der Waals surface area contributed by atoms with E-state index in [9.17, 15) is 26.4 Å². The summed E-state index contributed by atoms with van der Waals surface area (Å²) in [6, 6.07) is 17.3. The molecule has 0 aliphatic heterocycles. The number of nitrogens with one attached hydrogen (secondary N) is 1. The number of hydrogen-bond donors (Lipinski definition) is 1. The van der Waals surface area contributed by atoms with Gasteiger partial charge in [-0.1, -0.05) is 41.9 Å². The summed E-state index contributed by atoms with van der Waals surface area (Å²) < 4.78 is 68.3. The number of alkyl halides is 3. The van der Waals surface area contributed by atoms with Gasteiger partial charge in [0.05, 0.1) is 21.2 Å². The molecule has 0 unspecified atom stereocenters. The number of anilines is 2. The van der Waals surface area contributed by atoms with Crippen molar-refractivity contribution in [1.29, 1.82) is 0 Å². The van der Waals surface area contributed by atoms with E-state index in [1.807, 2.05) is 24.3 Å². The van der Waals surface area contributed by atoms with Gasteiger partial charge in [-0.25, -0.2) is 8.42 Å². The highest BCUT2D eigenvalue weighted by atomic mass is 35.5. The molecule has 3 aromatic carbocycles. The topological polar surface area (TPSA) is 66.5 Å². The van der Waals surface area contributed by atoms with Gasteiger partial charge < -0.3 is 5.32 Å². The summed E-state index contributed by atoms with van der Waals surface area (Å²) in [6.07, 6.45) is 2.89. The fraction of sp³-hybridized carbons (Fsp3) is 0.387. The lowest BCUT2D eigenvalue weighted by Gasteiger charge is -2.57. The lowest BCUT2D eigenvalue weighted by molar-refractivity contribution is -0.137. The predicted octanol–water partition coefficient (Wildman–Crippen LogP) is 7.66. The van der Waals surface area contributed by atoms with Crippen molar-refractivity contribution in [1.82, 2.24) is 0 Å². The molecule has 0 radical (unpaired) electrons. The van der Waals surface area contributed by atoms with Crippen LogP contribution >= 0.6 is 11.6 Å². The summed E-state index contributed by atoms with van der Waals surface area (Å²) >= 11 is 6.22. The molecule has 1 amide bonds. The average Bonchev–Trinajstić information content (AvgIpc) is 2.91. The molecular formula is C31H30ClF3N2O3S. The van der Waals surface area contributed by atoms with Crippen LogP contribution in [0.15, 0.2) is 77.7 Å². The number of benzene rings is 3. The van der Waals surface area contributed by atoms with Gasteiger partial charge in [0.1, 0.15) is 6.54 Å². The molecule has 41 heavy (non-hydrogen) atoms. The van der Waals surface area contributed by atoms with Gasteiger partial charge in [0.2, 0.25) is 5.91 Å². The highest BCUT2D eigenvalue weighted by Crippen LogP contribution is 2.60. The molecule has 0 heterocycles. The summed E-state index contributed by atoms with van der Waals surface area (Å²) in [7, 11) is -4.44. The Morgan fingerprint density at radius 3 is 2.05 bits per heavy atom. The maximum absolute atomic E-state index is 13.6. The Morgan fingerprint density at radius 1 is 0.902 bits per heavy atom. The Balaban J connectivity index is 1.25. The van der Waals surface area contributed by atoms with Crippen LogP contribution < -0.4 is 9.62 Å². The molecule has 0 atom stereocenters. The predicted molar refractivity (Wildman–Crippen MR) is 152 cm³/mol. The lowest BCUT2D eigenvalue weighted by Crippen LogP contribution is -2.48. The van der Waals surface area contributed by atoms with Gasteiger partial charge in [-0.05, 0) is 110 Å². The number of carbonyl (C=O) groups excluding carboxylic acids is 1. The molecule has 0 spiro atoms. The van der Waals surface area contributed by atoms with Crippen LogP contribution in [0.1, 0.15) is 49.7 Å². The van der Waals surface area contributed by atoms with Crippen molar-refractivity contribution in [3.8, 4) is 0 Å². The first-order valence-corrected chi connectivity index (χ1v) is 15.6. The third-order valence-electron chi connectivity index (χ3n) is 8.98. The molecule has 0 aromatic heterocycles. The van der Waals surface area contributed by atoms with Gasteiger partial charge in [0.25, 0.3) is 10.0 Å². The standard InChI is InChI=1S/C31H30ClF3N2O3S/c32-27-11-8-24(31(33,34)35)15-28(27)37(41(39,40)26-4-2-1-3-5-26)19-29(38)36-25-9-6-23(7-10-25)30-16-20-12-21(17-30)14-22(13-20)18-30/h1-11,15,20-22H,12-14,16-19H2,(H,36,38). The van der Waals surface area contributed by atoms with Crippen molar-refractivity contribution in [2.45, 2.75) is 55.0 Å². The van der Waals surface area contributed by atoms with Gasteiger partial charge in [0, 0.05) is 5.69 Å². The Hall–Kier alpha value is -3.04. The second-order valence-electron chi connectivity index (χ2n) is 11.8. The summed E-state index contributed by atoms with van der Waals surface area (Å²) in [6.45, 7) is -0.769. The van der Waals surface area contributed by atoms with Crippen LogP contribution in [0.3, 0.4) is 0 Å². The Kier molecular flexibility index (Phi) is 7.09. The number of amides is 1. The molecule has 4 aliphatic rings. The first kappa shape index (κ1) is 28.1. The Labute approximate surface area is 242 Å². The van der Waals surface area contributed by atoms with E-state index in [1.165, 1.54) is 68.4 Å². The van der Waals surface area contributed by atoms with Crippen LogP contribution in [-0.2, 0) is 26.4 Å². The molecule has 4 bridgehead atoms. The van der Waals surface area contributed by atoms with Crippen molar-refractivity contribution in [3.63, 3.8) is 0 Å². The molecule has 1 N–H and O–H groups in total. The fourth-order valence-corrected chi connectivity index (χ4v) is 9.32. The van der Waals surface area contributed by atoms with E-state index in [1.54, 1.807) is 6.07 Å². The average molecular weight is 603 g/mol. The van der Waals surface area contributed by atoms with E-state index in [0.29, 0.717) is 16.1 Å². The third kappa shape index (κ3) is 5.46. The monoisotopic (exact) mass is 602 g/mol. The second-order valence-corrected chi connectivity index (χ2v) is 14.1. The minimum Gasteiger partial charge on any atom is -0.325 e. The Morgan fingerprint density at radius 2 is 1.49 bits per heavy atom. The van der Waals surface area contributed by atoms with Gasteiger partial charge >= 0.3 is 6.18 Å². The second kappa shape index (κ2) is 10.3. The lowest BCUT2D eigenvalue weighted by atomic mass is 9.48. The zero-order valence-corrected chi connectivity index (χ0v) is 23.8. The quantitative estimate of drug-likeness (QED) is 0.302. The highest BCUT2D eigenvalue weighted by Gasteiger charge is 2.51. The van der Waals surface area contributed by atoms with E-state index >= 15 is 0 Å². The summed E-state index contributed by atoms with van der Waals surface area (Å²) in [5, 5.41) is 2.49. The maximum Gasteiger partial charge on any atom is 0.416 e. The molecule has 4 fully saturated rings. The van der Waals surface area contributed by atoms with E-state index in [-0.39, 0.29) is 15.3 Å². The molecule has 10 heteroatoms. The highest BCUT2D eigenvalue weighted by molar-refractivity contribution is 7.92. The number of nitrogens with zero attached hydrogens (tertiary/aromatic N) is 1. The zero-order valence-electron chi connectivity index (χ0n) is 22.2. The van der Waals surface area contributed by atoms with Crippen LogP contribution in [0.4, 0.5) is 24.5 Å². The van der Waals surface area contributed by atoms with Crippen molar-refractivity contribution in [3.05, 3.63) is 88.9 Å². The molecular weight excluding hydrogens is 573 g/mol. The first-order chi connectivity index (χ1) is 19.4. The molecule has 3 aromatic rings. The van der Waals surface area contributed by atoms with Gasteiger partial charge in [-0.3, -0.25) is 9.10 Å². The van der Waals surface area contributed by atoms with Crippen molar-refractivity contribution < 1.29 is 26.4 Å². The SMILES string of the molecule is O=C(CN(c1cc(C(F)(F)F)ccc1Cl)S(=O)(=O)c1ccccc1)Nc1ccc(C23CC4CC(CC(C4)C2)C3)cc1. The van der Waals surface area contributed by atoms with Crippen molar-refractivity contribution in [2.75, 3.05) is 16.2 Å². The number of hydrogen-bond acceptors (Lipinski definition) is 3. The van der Waals surface area contributed by atoms with Crippen LogP contribution in [0.2, 0.25) is 5.02 Å². The van der Waals surface area contributed by atoms with Gasteiger partial charge in [0.15, 0.2) is 0 Å². The number of carbonyl (C=O) groups is 1. The van der Waals surface area contributed by atoms with Crippen LogP contribution in [0.5, 0.6) is 0 Å². The van der Waals surface area contributed by atoms with Gasteiger partial charge in [-0.2, -0.15) is 13.2 Å². The van der Waals surface area contributed by atoms with Crippen LogP contribution in [0, 0.1) is 17.8 Å². The summed E-state index contributed by atoms with van der Waals surface area (Å²) in [5.74, 6) is 1.67. The molecule has 7 rings (SSSR count). The molecule has 216 valence electrons. The summed E-state index contributed by atoms with van der Waals surface area (Å²) in [5.41, 5.74) is 0.441. The van der Waals surface area contributed by atoms with E-state index in [4.69, 9.17) is 11.6 Å². The van der Waals surface area contributed by atoms with Gasteiger partial charge in [-0.15, -0.1) is 0 Å². The van der Waals surface area contributed by atoms with E-state index in [0.717, 1.165) is 29.9 Å². The largest absolute Gasteiger partial charge is 0.416 e. The minimum absolute atomic E-state index is 0.179. The number of halogens is 4. The van der Waals surface area contributed by atoms with Crippen molar-refractivity contribution in [2.24, 2.45) is 17.8 Å². The molecule has 4 aliphatic carbocycles. The normalized spacial score (nSPS) is 25.2.